The summed E-state index contributed by atoms with van der Waals surface area (Å²) in [5, 5.41) is 2.82. The van der Waals surface area contributed by atoms with Gasteiger partial charge in [0.1, 0.15) is 6.04 Å². The van der Waals surface area contributed by atoms with Crippen molar-refractivity contribution in [1.29, 1.82) is 0 Å². The van der Waals surface area contributed by atoms with Crippen molar-refractivity contribution >= 4 is 33.2 Å². The largest absolute Gasteiger partial charge is 0.325 e. The van der Waals surface area contributed by atoms with Crippen molar-refractivity contribution < 1.29 is 18.0 Å². The molecule has 1 heterocycles. The number of hydrogen-bond acceptors (Lipinski definition) is 4. The first kappa shape index (κ1) is 24.6. The third-order valence-electron chi connectivity index (χ3n) is 6.13. The second kappa shape index (κ2) is 10.0. The van der Waals surface area contributed by atoms with Crippen molar-refractivity contribution in [3.8, 4) is 0 Å². The predicted octanol–water partition coefficient (Wildman–Crippen LogP) is 3.82. The first-order valence-corrected chi connectivity index (χ1v) is 13.0. The van der Waals surface area contributed by atoms with E-state index in [-0.39, 0.29) is 23.3 Å². The van der Waals surface area contributed by atoms with E-state index in [0.29, 0.717) is 12.1 Å². The number of carbonyl (C=O) groups is 2. The molecule has 0 aliphatic carbocycles. The second-order valence-electron chi connectivity index (χ2n) is 8.95. The van der Waals surface area contributed by atoms with Crippen molar-refractivity contribution in [1.82, 2.24) is 4.72 Å². The van der Waals surface area contributed by atoms with Gasteiger partial charge in [-0.2, -0.15) is 4.72 Å². The van der Waals surface area contributed by atoms with Crippen LogP contribution in [0.5, 0.6) is 0 Å². The van der Waals surface area contributed by atoms with E-state index >= 15 is 0 Å². The summed E-state index contributed by atoms with van der Waals surface area (Å²) in [6.45, 7) is 5.38. The Balaban J connectivity index is 1.60. The summed E-state index contributed by atoms with van der Waals surface area (Å²) in [5.41, 5.74) is 3.99. The monoisotopic (exact) mass is 491 g/mol. The summed E-state index contributed by atoms with van der Waals surface area (Å²) in [4.78, 5) is 26.9. The number of anilines is 2. The average molecular weight is 492 g/mol. The van der Waals surface area contributed by atoms with Gasteiger partial charge in [0.2, 0.25) is 21.8 Å². The number of nitrogens with one attached hydrogen (secondary N) is 2. The normalized spacial score (nSPS) is 16.0. The van der Waals surface area contributed by atoms with Crippen LogP contribution in [-0.2, 0) is 32.5 Å². The zero-order valence-corrected chi connectivity index (χ0v) is 20.8. The van der Waals surface area contributed by atoms with Gasteiger partial charge in [0.05, 0.1) is 4.90 Å². The highest BCUT2D eigenvalue weighted by Gasteiger charge is 2.31. The van der Waals surface area contributed by atoms with Gasteiger partial charge in [-0.3, -0.25) is 9.59 Å². The first-order valence-electron chi connectivity index (χ1n) is 11.5. The molecular formula is C27H29N3O4S. The number of aryl methyl sites for hydroxylation is 1. The van der Waals surface area contributed by atoms with Crippen molar-refractivity contribution in [2.45, 2.75) is 50.6 Å². The minimum Gasteiger partial charge on any atom is -0.325 e. The number of nitrogens with zero attached hydrogens (tertiary/aromatic N) is 1. The zero-order chi connectivity index (χ0) is 25.2. The molecule has 0 saturated carbocycles. The molecule has 0 unspecified atom stereocenters. The maximum Gasteiger partial charge on any atom is 0.242 e. The average Bonchev–Trinajstić information content (AvgIpc) is 3.15. The molecule has 0 saturated heterocycles. The molecule has 4 rings (SSSR count). The van der Waals surface area contributed by atoms with Crippen molar-refractivity contribution in [2.75, 3.05) is 10.2 Å². The molecule has 2 N–H and O–H groups in total. The van der Waals surface area contributed by atoms with E-state index in [1.54, 1.807) is 29.2 Å². The highest BCUT2D eigenvalue weighted by atomic mass is 32.2. The molecule has 0 aromatic heterocycles. The lowest BCUT2D eigenvalue weighted by atomic mass is 10.1. The van der Waals surface area contributed by atoms with Crippen LogP contribution in [0.2, 0.25) is 0 Å². The Kier molecular flexibility index (Phi) is 7.05. The minimum atomic E-state index is -4.01. The van der Waals surface area contributed by atoms with Gasteiger partial charge in [-0.15, -0.1) is 0 Å². The molecular weight excluding hydrogens is 462 g/mol. The Morgan fingerprint density at radius 3 is 2.37 bits per heavy atom. The predicted molar refractivity (Wildman–Crippen MR) is 137 cm³/mol. The van der Waals surface area contributed by atoms with Gasteiger partial charge in [-0.05, 0) is 68.1 Å². The van der Waals surface area contributed by atoms with Crippen molar-refractivity contribution in [3.63, 3.8) is 0 Å². The number of benzene rings is 3. The molecule has 1 aliphatic heterocycles. The molecule has 8 heteroatoms. The molecule has 35 heavy (non-hydrogen) atoms. The van der Waals surface area contributed by atoms with Crippen LogP contribution < -0.4 is 14.9 Å². The Hall–Kier alpha value is -3.49. The summed E-state index contributed by atoms with van der Waals surface area (Å²) in [7, 11) is -4.01. The maximum atomic E-state index is 13.4. The molecule has 182 valence electrons. The molecule has 0 fully saturated rings. The van der Waals surface area contributed by atoms with Crippen molar-refractivity contribution in [2.24, 2.45) is 0 Å². The maximum absolute atomic E-state index is 13.4. The van der Waals surface area contributed by atoms with Gasteiger partial charge in [-0.1, -0.05) is 48.0 Å². The quantitative estimate of drug-likeness (QED) is 0.525. The molecule has 0 spiro atoms. The lowest BCUT2D eigenvalue weighted by Crippen LogP contribution is -2.45. The highest BCUT2D eigenvalue weighted by Crippen LogP contribution is 2.34. The Labute approximate surface area is 206 Å². The molecule has 2 amide bonds. The number of carbonyl (C=O) groups excluding carboxylic acids is 2. The second-order valence-corrected chi connectivity index (χ2v) is 10.7. The van der Waals surface area contributed by atoms with Crippen LogP contribution >= 0.6 is 0 Å². The summed E-state index contributed by atoms with van der Waals surface area (Å²) >= 11 is 0. The van der Waals surface area contributed by atoms with Gasteiger partial charge in [0.25, 0.3) is 0 Å². The van der Waals surface area contributed by atoms with Gasteiger partial charge in [-0.25, -0.2) is 8.42 Å². The molecule has 3 aromatic rings. The van der Waals surface area contributed by atoms with E-state index in [1.807, 2.05) is 56.3 Å². The van der Waals surface area contributed by atoms with Gasteiger partial charge in [0.15, 0.2) is 0 Å². The SMILES string of the molecule is CC(=O)N1c2ccc(S(=O)(=O)N[C@H](Cc3ccccc3)C(=O)Nc3ccc(C)cc3)cc2C[C@H]1C. The number of rotatable bonds is 7. The summed E-state index contributed by atoms with van der Waals surface area (Å²) in [6, 6.07) is 20.3. The van der Waals surface area contributed by atoms with Crippen LogP contribution in [0, 0.1) is 6.92 Å². The Morgan fingerprint density at radius 1 is 1.03 bits per heavy atom. The number of amides is 2. The lowest BCUT2D eigenvalue weighted by molar-refractivity contribution is -0.118. The number of hydrogen-bond donors (Lipinski definition) is 2. The molecule has 0 radical (unpaired) electrons. The molecule has 1 aliphatic rings. The van der Waals surface area contributed by atoms with Crippen LogP contribution in [0.3, 0.4) is 0 Å². The van der Waals surface area contributed by atoms with Crippen LogP contribution in [0.4, 0.5) is 11.4 Å². The van der Waals surface area contributed by atoms with Crippen LogP contribution in [0.1, 0.15) is 30.5 Å². The van der Waals surface area contributed by atoms with Gasteiger partial charge in [0, 0.05) is 24.3 Å². The van der Waals surface area contributed by atoms with E-state index in [2.05, 4.69) is 10.0 Å². The topological polar surface area (TPSA) is 95.6 Å². The minimum absolute atomic E-state index is 0.0421. The van der Waals surface area contributed by atoms with Gasteiger partial charge < -0.3 is 10.2 Å². The van der Waals surface area contributed by atoms with E-state index in [9.17, 15) is 18.0 Å². The fraction of sp³-hybridized carbons (Fsp3) is 0.259. The van der Waals surface area contributed by atoms with E-state index < -0.39 is 22.0 Å². The lowest BCUT2D eigenvalue weighted by Gasteiger charge is -2.21. The summed E-state index contributed by atoms with van der Waals surface area (Å²) in [5.74, 6) is -0.528. The van der Waals surface area contributed by atoms with Crippen LogP contribution in [0.15, 0.2) is 77.7 Å². The van der Waals surface area contributed by atoms with E-state index in [1.165, 1.54) is 13.0 Å². The standard InChI is InChI=1S/C27H29N3O4S/c1-18-9-11-23(12-10-18)28-27(32)25(16-21-7-5-4-6-8-21)29-35(33,34)24-13-14-26-22(17-24)15-19(2)30(26)20(3)31/h4-14,17,19,25,29H,15-16H2,1-3H3,(H,28,32)/t19-,25-/m1/s1. The third-order valence-corrected chi connectivity index (χ3v) is 7.60. The highest BCUT2D eigenvalue weighted by molar-refractivity contribution is 7.89. The van der Waals surface area contributed by atoms with Crippen LogP contribution in [-0.4, -0.2) is 32.3 Å². The smallest absolute Gasteiger partial charge is 0.242 e. The van der Waals surface area contributed by atoms with E-state index in [4.69, 9.17) is 0 Å². The van der Waals surface area contributed by atoms with Gasteiger partial charge >= 0.3 is 0 Å². The molecule has 7 nitrogen and oxygen atoms in total. The Bertz CT molecular complexity index is 1340. The van der Waals surface area contributed by atoms with Crippen LogP contribution in [0.25, 0.3) is 0 Å². The third kappa shape index (κ3) is 5.61. The fourth-order valence-corrected chi connectivity index (χ4v) is 5.66. The fourth-order valence-electron chi connectivity index (χ4n) is 4.41. The molecule has 2 atom stereocenters. The summed E-state index contributed by atoms with van der Waals surface area (Å²) in [6.07, 6.45) is 0.761. The summed E-state index contributed by atoms with van der Waals surface area (Å²) < 4.78 is 29.3. The number of fused-ring (bicyclic) bond motifs is 1. The van der Waals surface area contributed by atoms with Crippen molar-refractivity contribution in [3.05, 3.63) is 89.5 Å². The molecule has 3 aromatic carbocycles. The number of sulfonamides is 1. The zero-order valence-electron chi connectivity index (χ0n) is 20.0. The van der Waals surface area contributed by atoms with E-state index in [0.717, 1.165) is 22.4 Å². The first-order chi connectivity index (χ1) is 16.6. The Morgan fingerprint density at radius 2 is 1.71 bits per heavy atom. The molecule has 0 bridgehead atoms.